The lowest BCUT2D eigenvalue weighted by atomic mass is 9.87. The van der Waals surface area contributed by atoms with E-state index in [4.69, 9.17) is 16.3 Å². The van der Waals surface area contributed by atoms with Gasteiger partial charge in [0.2, 0.25) is 5.91 Å². The fraction of sp³-hybridized carbons (Fsp3) is 0.409. The van der Waals surface area contributed by atoms with Gasteiger partial charge in [0, 0.05) is 43.0 Å². The summed E-state index contributed by atoms with van der Waals surface area (Å²) in [6.45, 7) is 7.31. The minimum absolute atomic E-state index is 0.134. The first-order valence-corrected chi connectivity index (χ1v) is 9.80. The van der Waals surface area contributed by atoms with Crippen molar-refractivity contribution in [3.8, 4) is 5.75 Å². The quantitative estimate of drug-likeness (QED) is 0.761. The fourth-order valence-corrected chi connectivity index (χ4v) is 3.80. The van der Waals surface area contributed by atoms with Gasteiger partial charge in [0.1, 0.15) is 5.75 Å². The predicted molar refractivity (Wildman–Crippen MR) is 111 cm³/mol. The molecule has 0 unspecified atom stereocenters. The maximum absolute atomic E-state index is 13.2. The van der Waals surface area contributed by atoms with Gasteiger partial charge >= 0.3 is 0 Å². The first-order chi connectivity index (χ1) is 13.0. The summed E-state index contributed by atoms with van der Waals surface area (Å²) in [5.74, 6) is 1.16. The number of hydrogen-bond donors (Lipinski definition) is 0. The van der Waals surface area contributed by atoms with E-state index in [1.807, 2.05) is 47.4 Å². The molecule has 0 aromatic heterocycles. The van der Waals surface area contributed by atoms with Gasteiger partial charge in [-0.25, -0.2) is 0 Å². The molecule has 2 aromatic rings. The zero-order valence-corrected chi connectivity index (χ0v) is 16.9. The van der Waals surface area contributed by atoms with E-state index in [2.05, 4.69) is 24.8 Å². The van der Waals surface area contributed by atoms with Crippen LogP contribution >= 0.6 is 11.6 Å². The number of piperazine rings is 1. The third-order valence-electron chi connectivity index (χ3n) is 5.17. The van der Waals surface area contributed by atoms with E-state index < -0.39 is 0 Å². The van der Waals surface area contributed by atoms with Gasteiger partial charge in [-0.15, -0.1) is 0 Å². The number of carbonyl (C=O) groups is 1. The minimum Gasteiger partial charge on any atom is -0.497 e. The number of methoxy groups -OCH3 is 1. The molecule has 0 saturated carbocycles. The van der Waals surface area contributed by atoms with E-state index in [-0.39, 0.29) is 17.7 Å². The van der Waals surface area contributed by atoms with Crippen LogP contribution < -0.4 is 9.64 Å². The summed E-state index contributed by atoms with van der Waals surface area (Å²) in [6.07, 6.45) is 0. The Bertz CT molecular complexity index is 768. The molecule has 0 aliphatic carbocycles. The van der Waals surface area contributed by atoms with Crippen LogP contribution in [0.25, 0.3) is 0 Å². The third-order valence-corrected chi connectivity index (χ3v) is 5.42. The van der Waals surface area contributed by atoms with Gasteiger partial charge < -0.3 is 14.5 Å². The molecule has 3 rings (SSSR count). The van der Waals surface area contributed by atoms with Crippen molar-refractivity contribution in [1.82, 2.24) is 4.90 Å². The Morgan fingerprint density at radius 3 is 2.30 bits per heavy atom. The summed E-state index contributed by atoms with van der Waals surface area (Å²) in [7, 11) is 1.68. The molecule has 1 heterocycles. The van der Waals surface area contributed by atoms with Crippen LogP contribution in [0.15, 0.2) is 48.5 Å². The summed E-state index contributed by atoms with van der Waals surface area (Å²) in [6, 6.07) is 15.7. The second-order valence-electron chi connectivity index (χ2n) is 7.29. The van der Waals surface area contributed by atoms with Crippen molar-refractivity contribution in [2.24, 2.45) is 5.92 Å². The average Bonchev–Trinajstić information content (AvgIpc) is 2.69. The van der Waals surface area contributed by atoms with E-state index in [0.717, 1.165) is 43.2 Å². The van der Waals surface area contributed by atoms with Crippen molar-refractivity contribution in [2.45, 2.75) is 19.8 Å². The molecule has 1 atom stereocenters. The van der Waals surface area contributed by atoms with E-state index in [1.165, 1.54) is 0 Å². The van der Waals surface area contributed by atoms with E-state index in [0.29, 0.717) is 5.02 Å². The van der Waals surface area contributed by atoms with Gasteiger partial charge in [0.15, 0.2) is 0 Å². The maximum atomic E-state index is 13.2. The van der Waals surface area contributed by atoms with Gasteiger partial charge in [-0.1, -0.05) is 43.6 Å². The Kier molecular flexibility index (Phi) is 6.27. The molecule has 1 aliphatic rings. The molecule has 1 fully saturated rings. The number of benzene rings is 2. The molecule has 144 valence electrons. The Hall–Kier alpha value is -2.20. The Morgan fingerprint density at radius 1 is 1.04 bits per heavy atom. The standard InChI is InChI=1S/C22H27ClN2O2/c1-16(2)21(17-7-9-18(23)10-8-17)22(26)25-13-11-24(12-14-25)19-5-4-6-20(15-19)27-3/h4-10,15-16,21H,11-14H2,1-3H3/t21-/m0/s1. The zero-order chi connectivity index (χ0) is 19.4. The minimum atomic E-state index is -0.134. The number of nitrogens with zero attached hydrogens (tertiary/aromatic N) is 2. The fourth-order valence-electron chi connectivity index (χ4n) is 3.67. The molecule has 0 N–H and O–H groups in total. The maximum Gasteiger partial charge on any atom is 0.230 e. The number of hydrogen-bond acceptors (Lipinski definition) is 3. The van der Waals surface area contributed by atoms with E-state index >= 15 is 0 Å². The van der Waals surface area contributed by atoms with Gasteiger partial charge in [0.25, 0.3) is 0 Å². The molecule has 2 aromatic carbocycles. The molecule has 1 saturated heterocycles. The number of carbonyl (C=O) groups excluding carboxylic acids is 1. The predicted octanol–water partition coefficient (Wildman–Crippen LogP) is 4.44. The van der Waals surface area contributed by atoms with Crippen LogP contribution in [0.5, 0.6) is 5.75 Å². The lowest BCUT2D eigenvalue weighted by Crippen LogP contribution is -2.50. The van der Waals surface area contributed by atoms with Crippen molar-refractivity contribution < 1.29 is 9.53 Å². The monoisotopic (exact) mass is 386 g/mol. The van der Waals surface area contributed by atoms with Crippen LogP contribution in [-0.4, -0.2) is 44.1 Å². The summed E-state index contributed by atoms with van der Waals surface area (Å²) < 4.78 is 5.32. The van der Waals surface area contributed by atoms with E-state index in [1.54, 1.807) is 7.11 Å². The second kappa shape index (κ2) is 8.66. The molecule has 0 radical (unpaired) electrons. The van der Waals surface area contributed by atoms with E-state index in [9.17, 15) is 4.79 Å². The highest BCUT2D eigenvalue weighted by atomic mass is 35.5. The van der Waals surface area contributed by atoms with Gasteiger partial charge in [-0.3, -0.25) is 4.79 Å². The molecule has 0 spiro atoms. The molecular weight excluding hydrogens is 360 g/mol. The Labute approximate surface area is 166 Å². The molecule has 4 nitrogen and oxygen atoms in total. The third kappa shape index (κ3) is 4.56. The number of ether oxygens (including phenoxy) is 1. The van der Waals surface area contributed by atoms with Crippen molar-refractivity contribution in [2.75, 3.05) is 38.2 Å². The van der Waals surface area contributed by atoms with Crippen molar-refractivity contribution in [3.05, 3.63) is 59.1 Å². The lowest BCUT2D eigenvalue weighted by Gasteiger charge is -2.38. The number of amides is 1. The van der Waals surface area contributed by atoms with Gasteiger partial charge in [-0.05, 0) is 35.7 Å². The second-order valence-corrected chi connectivity index (χ2v) is 7.72. The van der Waals surface area contributed by atoms with Crippen LogP contribution in [0.1, 0.15) is 25.3 Å². The largest absolute Gasteiger partial charge is 0.497 e. The van der Waals surface area contributed by atoms with Crippen molar-refractivity contribution in [1.29, 1.82) is 0 Å². The summed E-state index contributed by atoms with van der Waals surface area (Å²) in [5, 5.41) is 0.695. The van der Waals surface area contributed by atoms with Crippen LogP contribution in [0.2, 0.25) is 5.02 Å². The molecule has 1 aliphatic heterocycles. The molecule has 1 amide bonds. The summed E-state index contributed by atoms with van der Waals surface area (Å²) >= 11 is 6.01. The summed E-state index contributed by atoms with van der Waals surface area (Å²) in [5.41, 5.74) is 2.18. The SMILES string of the molecule is COc1cccc(N2CCN(C(=O)[C@H](c3ccc(Cl)cc3)C(C)C)CC2)c1. The average molecular weight is 387 g/mol. The number of halogens is 1. The first kappa shape index (κ1) is 19.6. The van der Waals surface area contributed by atoms with Crippen LogP contribution in [0.3, 0.4) is 0 Å². The molecule has 5 heteroatoms. The highest BCUT2D eigenvalue weighted by Crippen LogP contribution is 2.29. The molecule has 27 heavy (non-hydrogen) atoms. The van der Waals surface area contributed by atoms with Gasteiger partial charge in [0.05, 0.1) is 13.0 Å². The number of rotatable bonds is 5. The first-order valence-electron chi connectivity index (χ1n) is 9.43. The molecular formula is C22H27ClN2O2. The van der Waals surface area contributed by atoms with Crippen LogP contribution in [0.4, 0.5) is 5.69 Å². The topological polar surface area (TPSA) is 32.8 Å². The smallest absolute Gasteiger partial charge is 0.230 e. The van der Waals surface area contributed by atoms with Crippen LogP contribution in [-0.2, 0) is 4.79 Å². The van der Waals surface area contributed by atoms with Crippen molar-refractivity contribution in [3.63, 3.8) is 0 Å². The highest BCUT2D eigenvalue weighted by molar-refractivity contribution is 6.30. The Morgan fingerprint density at radius 2 is 1.70 bits per heavy atom. The normalized spacial score (nSPS) is 15.7. The van der Waals surface area contributed by atoms with Crippen LogP contribution in [0, 0.1) is 5.92 Å². The zero-order valence-electron chi connectivity index (χ0n) is 16.2. The van der Waals surface area contributed by atoms with Gasteiger partial charge in [-0.2, -0.15) is 0 Å². The lowest BCUT2D eigenvalue weighted by molar-refractivity contribution is -0.134. The highest BCUT2D eigenvalue weighted by Gasteiger charge is 2.30. The summed E-state index contributed by atoms with van der Waals surface area (Å²) in [4.78, 5) is 17.5. The number of anilines is 1. The molecule has 0 bridgehead atoms. The Balaban J connectivity index is 1.68. The van der Waals surface area contributed by atoms with Crippen molar-refractivity contribution >= 4 is 23.2 Å².